The Balaban J connectivity index is 2.21. The predicted octanol–water partition coefficient (Wildman–Crippen LogP) is 1.72. The molecule has 5 nitrogen and oxygen atoms in total. The fraction of sp³-hybridized carbons (Fsp3) is 0.214. The standard InChI is InChI=1S/C14H16FN3O2S/c1-10(12-6-4-11(9-16)5-7-12)18-21(19,20)14-13(15)3-2-8-17-14/h2-8,10,18H,9,16H2,1H3. The Hall–Kier alpha value is -1.83. The SMILES string of the molecule is CC(NS(=O)(=O)c1ncccc1F)c1ccc(CN)cc1. The lowest BCUT2D eigenvalue weighted by atomic mass is 10.1. The Kier molecular flexibility index (Phi) is 4.66. The van der Waals surface area contributed by atoms with Gasteiger partial charge in [-0.25, -0.2) is 22.5 Å². The Morgan fingerprint density at radius 3 is 2.52 bits per heavy atom. The highest BCUT2D eigenvalue weighted by Gasteiger charge is 2.23. The van der Waals surface area contributed by atoms with Crippen LogP contribution >= 0.6 is 0 Å². The molecule has 3 N–H and O–H groups in total. The zero-order valence-corrected chi connectivity index (χ0v) is 12.3. The molecule has 1 atom stereocenters. The minimum Gasteiger partial charge on any atom is -0.326 e. The minimum atomic E-state index is -4.01. The number of nitrogens with zero attached hydrogens (tertiary/aromatic N) is 1. The van der Waals surface area contributed by atoms with Crippen molar-refractivity contribution in [2.24, 2.45) is 5.73 Å². The van der Waals surface area contributed by atoms with Crippen molar-refractivity contribution in [2.45, 2.75) is 24.5 Å². The van der Waals surface area contributed by atoms with E-state index >= 15 is 0 Å². The predicted molar refractivity (Wildman–Crippen MR) is 77.3 cm³/mol. The Morgan fingerprint density at radius 2 is 1.95 bits per heavy atom. The lowest BCUT2D eigenvalue weighted by molar-refractivity contribution is 0.536. The van der Waals surface area contributed by atoms with Crippen molar-refractivity contribution in [3.05, 3.63) is 59.5 Å². The first kappa shape index (κ1) is 15.6. The third-order valence-electron chi connectivity index (χ3n) is 3.03. The van der Waals surface area contributed by atoms with Gasteiger partial charge in [0.15, 0.2) is 5.82 Å². The number of sulfonamides is 1. The number of nitrogens with two attached hydrogens (primary N) is 1. The smallest absolute Gasteiger partial charge is 0.261 e. The van der Waals surface area contributed by atoms with E-state index in [4.69, 9.17) is 5.73 Å². The molecule has 1 aromatic heterocycles. The summed E-state index contributed by atoms with van der Waals surface area (Å²) < 4.78 is 40.2. The molecule has 1 aromatic carbocycles. The monoisotopic (exact) mass is 309 g/mol. The van der Waals surface area contributed by atoms with Gasteiger partial charge in [-0.15, -0.1) is 0 Å². The van der Waals surface area contributed by atoms with E-state index in [1.54, 1.807) is 19.1 Å². The Bertz CT molecular complexity index is 717. The zero-order chi connectivity index (χ0) is 15.5. The molecule has 0 saturated heterocycles. The normalized spacial score (nSPS) is 13.1. The molecule has 0 bridgehead atoms. The van der Waals surface area contributed by atoms with Crippen LogP contribution in [-0.4, -0.2) is 13.4 Å². The molecule has 1 unspecified atom stereocenters. The third-order valence-corrected chi connectivity index (χ3v) is 4.50. The Morgan fingerprint density at radius 1 is 1.29 bits per heavy atom. The molecule has 2 aromatic rings. The maximum absolute atomic E-state index is 13.5. The van der Waals surface area contributed by atoms with Gasteiger partial charge >= 0.3 is 0 Å². The van der Waals surface area contributed by atoms with Crippen LogP contribution in [0.4, 0.5) is 4.39 Å². The van der Waals surface area contributed by atoms with E-state index < -0.39 is 26.9 Å². The van der Waals surface area contributed by atoms with E-state index in [1.165, 1.54) is 12.3 Å². The molecule has 0 aliphatic heterocycles. The van der Waals surface area contributed by atoms with E-state index in [2.05, 4.69) is 9.71 Å². The van der Waals surface area contributed by atoms with Crippen molar-refractivity contribution < 1.29 is 12.8 Å². The molecule has 112 valence electrons. The average Bonchev–Trinajstić information content (AvgIpc) is 2.47. The molecule has 2 rings (SSSR count). The average molecular weight is 309 g/mol. The molecule has 0 aliphatic rings. The summed E-state index contributed by atoms with van der Waals surface area (Å²) in [6.45, 7) is 2.09. The van der Waals surface area contributed by atoms with E-state index in [-0.39, 0.29) is 0 Å². The summed E-state index contributed by atoms with van der Waals surface area (Å²) in [6.07, 6.45) is 1.23. The van der Waals surface area contributed by atoms with Crippen molar-refractivity contribution in [3.63, 3.8) is 0 Å². The fourth-order valence-electron chi connectivity index (χ4n) is 1.87. The maximum atomic E-state index is 13.5. The van der Waals surface area contributed by atoms with Crippen molar-refractivity contribution in [3.8, 4) is 0 Å². The molecule has 1 heterocycles. The summed E-state index contributed by atoms with van der Waals surface area (Å²) in [5.74, 6) is -0.879. The van der Waals surface area contributed by atoms with Crippen molar-refractivity contribution in [2.75, 3.05) is 0 Å². The second kappa shape index (κ2) is 6.30. The van der Waals surface area contributed by atoms with Gasteiger partial charge in [-0.05, 0) is 30.2 Å². The van der Waals surface area contributed by atoms with Crippen LogP contribution in [0.25, 0.3) is 0 Å². The fourth-order valence-corrected chi connectivity index (χ4v) is 3.11. The first-order valence-electron chi connectivity index (χ1n) is 6.36. The van der Waals surface area contributed by atoms with Crippen molar-refractivity contribution in [1.82, 2.24) is 9.71 Å². The van der Waals surface area contributed by atoms with Gasteiger partial charge in [-0.3, -0.25) is 0 Å². The van der Waals surface area contributed by atoms with E-state index in [0.29, 0.717) is 6.54 Å². The highest BCUT2D eigenvalue weighted by molar-refractivity contribution is 7.89. The number of aromatic nitrogens is 1. The van der Waals surface area contributed by atoms with E-state index in [1.807, 2.05) is 12.1 Å². The Labute approximate surface area is 123 Å². The lowest BCUT2D eigenvalue weighted by Crippen LogP contribution is -2.28. The van der Waals surface area contributed by atoms with Gasteiger partial charge in [0.25, 0.3) is 10.0 Å². The van der Waals surface area contributed by atoms with E-state index in [9.17, 15) is 12.8 Å². The number of benzene rings is 1. The summed E-state index contributed by atoms with van der Waals surface area (Å²) >= 11 is 0. The van der Waals surface area contributed by atoms with Gasteiger partial charge in [0.2, 0.25) is 5.03 Å². The summed E-state index contributed by atoms with van der Waals surface area (Å²) in [5, 5.41) is -0.601. The molecule has 0 fully saturated rings. The molecular formula is C14H16FN3O2S. The topological polar surface area (TPSA) is 85.1 Å². The van der Waals surface area contributed by atoms with Gasteiger partial charge in [0, 0.05) is 18.8 Å². The largest absolute Gasteiger partial charge is 0.326 e. The molecule has 7 heteroatoms. The lowest BCUT2D eigenvalue weighted by Gasteiger charge is -2.14. The van der Waals surface area contributed by atoms with Crippen LogP contribution in [0, 0.1) is 5.82 Å². The zero-order valence-electron chi connectivity index (χ0n) is 11.5. The molecule has 0 spiro atoms. The van der Waals surface area contributed by atoms with Crippen LogP contribution in [-0.2, 0) is 16.6 Å². The van der Waals surface area contributed by atoms with E-state index in [0.717, 1.165) is 17.2 Å². The number of halogens is 1. The molecule has 0 aliphatic carbocycles. The summed E-state index contributed by atoms with van der Waals surface area (Å²) in [4.78, 5) is 3.58. The number of rotatable bonds is 5. The summed E-state index contributed by atoms with van der Waals surface area (Å²) in [7, 11) is -4.01. The quantitative estimate of drug-likeness (QED) is 0.880. The van der Waals surface area contributed by atoms with Crippen LogP contribution in [0.2, 0.25) is 0 Å². The third kappa shape index (κ3) is 3.63. The maximum Gasteiger partial charge on any atom is 0.261 e. The highest BCUT2D eigenvalue weighted by Crippen LogP contribution is 2.17. The molecular weight excluding hydrogens is 293 g/mol. The number of hydrogen-bond acceptors (Lipinski definition) is 4. The summed E-state index contributed by atoms with van der Waals surface area (Å²) in [5.41, 5.74) is 7.21. The van der Waals surface area contributed by atoms with Crippen LogP contribution in [0.3, 0.4) is 0 Å². The first-order chi connectivity index (χ1) is 9.94. The van der Waals surface area contributed by atoms with Crippen LogP contribution < -0.4 is 10.5 Å². The number of hydrogen-bond donors (Lipinski definition) is 2. The molecule has 0 saturated carbocycles. The van der Waals surface area contributed by atoms with Crippen molar-refractivity contribution in [1.29, 1.82) is 0 Å². The molecule has 0 radical (unpaired) electrons. The van der Waals surface area contributed by atoms with Gasteiger partial charge in [-0.2, -0.15) is 0 Å². The number of pyridine rings is 1. The number of nitrogens with one attached hydrogen (secondary N) is 1. The van der Waals surface area contributed by atoms with Crippen molar-refractivity contribution >= 4 is 10.0 Å². The minimum absolute atomic E-state index is 0.416. The van der Waals surface area contributed by atoms with Crippen LogP contribution in [0.1, 0.15) is 24.1 Å². The van der Waals surface area contributed by atoms with Gasteiger partial charge in [0.05, 0.1) is 0 Å². The van der Waals surface area contributed by atoms with Gasteiger partial charge in [0.1, 0.15) is 0 Å². The van der Waals surface area contributed by atoms with Gasteiger partial charge in [-0.1, -0.05) is 24.3 Å². The highest BCUT2D eigenvalue weighted by atomic mass is 32.2. The second-order valence-electron chi connectivity index (χ2n) is 4.58. The van der Waals surface area contributed by atoms with Crippen LogP contribution in [0.15, 0.2) is 47.6 Å². The van der Waals surface area contributed by atoms with Gasteiger partial charge < -0.3 is 5.73 Å². The second-order valence-corrected chi connectivity index (χ2v) is 6.21. The molecule has 21 heavy (non-hydrogen) atoms. The molecule has 0 amide bonds. The summed E-state index contributed by atoms with van der Waals surface area (Å²) in [6, 6.07) is 9.09. The van der Waals surface area contributed by atoms with Crippen LogP contribution in [0.5, 0.6) is 0 Å². The first-order valence-corrected chi connectivity index (χ1v) is 7.84.